The number of benzene rings is 1. The molecule has 0 spiro atoms. The smallest absolute Gasteiger partial charge is 0.223 e. The van der Waals surface area contributed by atoms with Crippen LogP contribution in [-0.2, 0) is 4.79 Å². The molecule has 1 fully saturated rings. The van der Waals surface area contributed by atoms with Crippen molar-refractivity contribution in [2.24, 2.45) is 5.92 Å². The minimum atomic E-state index is -0.249. The first-order valence-electron chi connectivity index (χ1n) is 10.3. The van der Waals surface area contributed by atoms with Gasteiger partial charge in [-0.15, -0.1) is 23.7 Å². The number of rotatable bonds is 6. The zero-order chi connectivity index (χ0) is 21.1. The number of amides is 1. The molecule has 3 aromatic rings. The molecule has 1 aliphatic rings. The number of piperidine rings is 1. The summed E-state index contributed by atoms with van der Waals surface area (Å²) in [4.78, 5) is 21.7. The number of fused-ring (bicyclic) bond motifs is 1. The first-order valence-corrected chi connectivity index (χ1v) is 11.2. The highest BCUT2D eigenvalue weighted by molar-refractivity contribution is 7.17. The van der Waals surface area contributed by atoms with Crippen molar-refractivity contribution in [3.05, 3.63) is 47.6 Å². The number of anilines is 1. The van der Waals surface area contributed by atoms with E-state index in [-0.39, 0.29) is 30.0 Å². The fourth-order valence-electron chi connectivity index (χ4n) is 3.87. The molecule has 5 nitrogen and oxygen atoms in total. The molecule has 0 unspecified atom stereocenters. The molecule has 2 aromatic heterocycles. The van der Waals surface area contributed by atoms with E-state index in [0.717, 1.165) is 59.6 Å². The van der Waals surface area contributed by atoms with E-state index in [4.69, 9.17) is 4.98 Å². The third kappa shape index (κ3) is 5.53. The fraction of sp³-hybridized carbons (Fsp3) is 0.391. The van der Waals surface area contributed by atoms with E-state index in [1.54, 1.807) is 23.5 Å². The predicted octanol–water partition coefficient (Wildman–Crippen LogP) is 4.42. The lowest BCUT2D eigenvalue weighted by atomic mass is 9.95. The number of hydrogen-bond donors (Lipinski definition) is 1. The summed E-state index contributed by atoms with van der Waals surface area (Å²) in [6.45, 7) is 3.22. The molecule has 166 valence electrons. The number of nitrogens with zero attached hydrogens (tertiary/aromatic N) is 3. The van der Waals surface area contributed by atoms with Crippen LogP contribution in [0, 0.1) is 11.7 Å². The Hall–Kier alpha value is -2.22. The van der Waals surface area contributed by atoms with E-state index in [0.29, 0.717) is 6.54 Å². The molecule has 4 rings (SSSR count). The van der Waals surface area contributed by atoms with Gasteiger partial charge < -0.3 is 15.1 Å². The second-order valence-corrected chi connectivity index (χ2v) is 8.94. The number of halogens is 2. The number of aromatic nitrogens is 1. The maximum atomic E-state index is 13.3. The van der Waals surface area contributed by atoms with Gasteiger partial charge in [0.2, 0.25) is 5.91 Å². The van der Waals surface area contributed by atoms with Crippen LogP contribution in [0.25, 0.3) is 21.5 Å². The van der Waals surface area contributed by atoms with Crippen molar-refractivity contribution in [3.63, 3.8) is 0 Å². The summed E-state index contributed by atoms with van der Waals surface area (Å²) < 4.78 is 14.5. The van der Waals surface area contributed by atoms with E-state index < -0.39 is 0 Å². The number of thiophene rings is 1. The molecule has 0 bridgehead atoms. The minimum absolute atomic E-state index is 0. The molecule has 1 aromatic carbocycles. The Morgan fingerprint density at radius 3 is 2.61 bits per heavy atom. The van der Waals surface area contributed by atoms with Gasteiger partial charge in [-0.3, -0.25) is 4.79 Å². The lowest BCUT2D eigenvalue weighted by molar-refractivity contribution is -0.125. The van der Waals surface area contributed by atoms with Gasteiger partial charge in [0.1, 0.15) is 5.82 Å². The molecule has 0 saturated carbocycles. The maximum Gasteiger partial charge on any atom is 0.223 e. The van der Waals surface area contributed by atoms with E-state index in [2.05, 4.69) is 26.6 Å². The van der Waals surface area contributed by atoms with Crippen LogP contribution in [0.1, 0.15) is 12.8 Å². The van der Waals surface area contributed by atoms with Gasteiger partial charge in [0.25, 0.3) is 0 Å². The Morgan fingerprint density at radius 2 is 1.94 bits per heavy atom. The Bertz CT molecular complexity index is 1020. The van der Waals surface area contributed by atoms with Crippen LogP contribution in [0.5, 0.6) is 0 Å². The number of likely N-dealkylation sites (N-methyl/N-ethyl adjacent to an activating group) is 1. The van der Waals surface area contributed by atoms with Crippen molar-refractivity contribution < 1.29 is 9.18 Å². The molecular formula is C23H28ClFN4OS. The van der Waals surface area contributed by atoms with Gasteiger partial charge in [0.05, 0.1) is 21.6 Å². The van der Waals surface area contributed by atoms with Crippen molar-refractivity contribution in [1.82, 2.24) is 15.2 Å². The number of nitrogens with one attached hydrogen (secondary N) is 1. The van der Waals surface area contributed by atoms with Crippen LogP contribution in [0.15, 0.2) is 41.8 Å². The molecule has 0 atom stereocenters. The van der Waals surface area contributed by atoms with E-state index in [1.165, 1.54) is 12.1 Å². The topological polar surface area (TPSA) is 48.5 Å². The molecule has 0 aliphatic carbocycles. The average molecular weight is 463 g/mol. The lowest BCUT2D eigenvalue weighted by Crippen LogP contribution is -2.42. The maximum absolute atomic E-state index is 13.3. The van der Waals surface area contributed by atoms with Crippen LogP contribution in [0.4, 0.5) is 10.1 Å². The predicted molar refractivity (Wildman–Crippen MR) is 129 cm³/mol. The van der Waals surface area contributed by atoms with Crippen LogP contribution in [0.2, 0.25) is 0 Å². The molecule has 1 amide bonds. The highest BCUT2D eigenvalue weighted by atomic mass is 35.5. The van der Waals surface area contributed by atoms with Crippen LogP contribution in [-0.4, -0.2) is 56.1 Å². The SMILES string of the molecule is CN(C)CCNC(=O)C1CCN(c2cc(-c3ccc(F)cc3)nc3ccsc23)CC1.Cl. The second kappa shape index (κ2) is 10.4. The minimum Gasteiger partial charge on any atom is -0.370 e. The summed E-state index contributed by atoms with van der Waals surface area (Å²) in [5.74, 6) is -0.0124. The number of hydrogen-bond acceptors (Lipinski definition) is 5. The summed E-state index contributed by atoms with van der Waals surface area (Å²) in [6.07, 6.45) is 1.68. The highest BCUT2D eigenvalue weighted by Gasteiger charge is 2.26. The molecule has 1 aliphatic heterocycles. The number of carbonyl (C=O) groups is 1. The Kier molecular flexibility index (Phi) is 7.86. The normalized spacial score (nSPS) is 14.6. The first kappa shape index (κ1) is 23.4. The van der Waals surface area contributed by atoms with Gasteiger partial charge in [-0.1, -0.05) is 0 Å². The van der Waals surface area contributed by atoms with E-state index in [1.807, 2.05) is 20.2 Å². The molecule has 1 saturated heterocycles. The molecule has 1 N–H and O–H groups in total. The quantitative estimate of drug-likeness (QED) is 0.589. The van der Waals surface area contributed by atoms with Crippen molar-refractivity contribution in [3.8, 4) is 11.3 Å². The van der Waals surface area contributed by atoms with Gasteiger partial charge in [-0.05, 0) is 68.7 Å². The van der Waals surface area contributed by atoms with Gasteiger partial charge in [-0.25, -0.2) is 9.37 Å². The van der Waals surface area contributed by atoms with E-state index in [9.17, 15) is 9.18 Å². The third-order valence-corrected chi connectivity index (χ3v) is 6.52. The Balaban J connectivity index is 0.00000272. The molecular weight excluding hydrogens is 435 g/mol. The number of carbonyl (C=O) groups excluding carboxylic acids is 1. The van der Waals surface area contributed by atoms with E-state index >= 15 is 0 Å². The van der Waals surface area contributed by atoms with Gasteiger partial charge in [0, 0.05) is 37.7 Å². The van der Waals surface area contributed by atoms with Crippen molar-refractivity contribution in [1.29, 1.82) is 0 Å². The summed E-state index contributed by atoms with van der Waals surface area (Å²) in [5, 5.41) is 5.12. The highest BCUT2D eigenvalue weighted by Crippen LogP contribution is 2.36. The summed E-state index contributed by atoms with van der Waals surface area (Å²) in [6, 6.07) is 10.6. The molecule has 8 heteroatoms. The molecule has 0 radical (unpaired) electrons. The van der Waals surface area contributed by atoms with Gasteiger partial charge in [0.15, 0.2) is 0 Å². The monoisotopic (exact) mass is 462 g/mol. The largest absolute Gasteiger partial charge is 0.370 e. The van der Waals surface area contributed by atoms with Gasteiger partial charge >= 0.3 is 0 Å². The lowest BCUT2D eigenvalue weighted by Gasteiger charge is -2.33. The zero-order valence-electron chi connectivity index (χ0n) is 17.8. The Labute approximate surface area is 192 Å². The zero-order valence-corrected chi connectivity index (χ0v) is 19.4. The van der Waals surface area contributed by atoms with Crippen LogP contribution >= 0.6 is 23.7 Å². The molecule has 31 heavy (non-hydrogen) atoms. The van der Waals surface area contributed by atoms with Crippen LogP contribution < -0.4 is 10.2 Å². The van der Waals surface area contributed by atoms with Crippen molar-refractivity contribution >= 4 is 45.6 Å². The second-order valence-electron chi connectivity index (χ2n) is 8.02. The number of pyridine rings is 1. The summed E-state index contributed by atoms with van der Waals surface area (Å²) >= 11 is 1.69. The summed E-state index contributed by atoms with van der Waals surface area (Å²) in [7, 11) is 4.01. The van der Waals surface area contributed by atoms with Crippen LogP contribution in [0.3, 0.4) is 0 Å². The first-order chi connectivity index (χ1) is 14.5. The average Bonchev–Trinajstić information content (AvgIpc) is 3.22. The fourth-order valence-corrected chi connectivity index (χ4v) is 4.75. The third-order valence-electron chi connectivity index (χ3n) is 5.60. The summed E-state index contributed by atoms with van der Waals surface area (Å²) in [5.41, 5.74) is 3.86. The standard InChI is InChI=1S/C23H27FN4OS.ClH/c1-27(2)13-10-25-23(29)17-7-11-28(12-8-17)21-15-20(16-3-5-18(24)6-4-16)26-19-9-14-30-22(19)21;/h3-6,9,14-15,17H,7-8,10-13H2,1-2H3,(H,25,29);1H. The molecule has 3 heterocycles. The van der Waals surface area contributed by atoms with Crippen molar-refractivity contribution in [2.45, 2.75) is 12.8 Å². The Morgan fingerprint density at radius 1 is 1.23 bits per heavy atom. The van der Waals surface area contributed by atoms with Gasteiger partial charge in [-0.2, -0.15) is 0 Å². The van der Waals surface area contributed by atoms with Crippen molar-refractivity contribution in [2.75, 3.05) is 45.2 Å².